The lowest BCUT2D eigenvalue weighted by Gasteiger charge is -2.16. The Bertz CT molecular complexity index is 731. The lowest BCUT2D eigenvalue weighted by molar-refractivity contribution is 0.0785. The molecule has 3 aromatic rings. The van der Waals surface area contributed by atoms with Crippen molar-refractivity contribution in [3.8, 4) is 0 Å². The molecule has 2 aromatic carbocycles. The van der Waals surface area contributed by atoms with E-state index >= 15 is 0 Å². The molecule has 0 aliphatic carbocycles. The maximum atomic E-state index is 12.3. The summed E-state index contributed by atoms with van der Waals surface area (Å²) in [6.07, 6.45) is 1.97. The molecule has 0 aliphatic heterocycles. The first-order valence-electron chi connectivity index (χ1n) is 6.61. The van der Waals surface area contributed by atoms with Crippen LogP contribution in [0.15, 0.2) is 60.8 Å². The third kappa shape index (κ3) is 2.30. The normalized spacial score (nSPS) is 10.7. The average molecular weight is 264 g/mol. The lowest BCUT2D eigenvalue weighted by Crippen LogP contribution is -2.25. The molecule has 0 fully saturated rings. The van der Waals surface area contributed by atoms with E-state index in [2.05, 4.69) is 11.1 Å². The van der Waals surface area contributed by atoms with Crippen LogP contribution in [0.2, 0.25) is 0 Å². The molecule has 0 atom stereocenters. The zero-order valence-electron chi connectivity index (χ0n) is 11.3. The largest absolute Gasteiger partial charge is 0.361 e. The number of hydrogen-bond donors (Lipinski definition) is 1. The minimum absolute atomic E-state index is 0.0379. The summed E-state index contributed by atoms with van der Waals surface area (Å²) in [7, 11) is 1.83. The SMILES string of the molecule is CN(Cc1c[nH]c2ccccc12)C(=O)c1ccccc1. The van der Waals surface area contributed by atoms with E-state index in [-0.39, 0.29) is 5.91 Å². The summed E-state index contributed by atoms with van der Waals surface area (Å²) >= 11 is 0. The Labute approximate surface area is 117 Å². The van der Waals surface area contributed by atoms with Gasteiger partial charge in [-0.15, -0.1) is 0 Å². The van der Waals surface area contributed by atoms with Gasteiger partial charge < -0.3 is 9.88 Å². The van der Waals surface area contributed by atoms with E-state index in [1.165, 1.54) is 5.39 Å². The van der Waals surface area contributed by atoms with Gasteiger partial charge in [-0.05, 0) is 23.8 Å². The number of nitrogens with one attached hydrogen (secondary N) is 1. The summed E-state index contributed by atoms with van der Waals surface area (Å²) in [6.45, 7) is 0.595. The number of carbonyl (C=O) groups is 1. The highest BCUT2D eigenvalue weighted by Gasteiger charge is 2.13. The zero-order chi connectivity index (χ0) is 13.9. The third-order valence-corrected chi connectivity index (χ3v) is 3.45. The van der Waals surface area contributed by atoms with E-state index in [1.54, 1.807) is 4.90 Å². The molecule has 1 N–H and O–H groups in total. The van der Waals surface area contributed by atoms with Gasteiger partial charge in [-0.25, -0.2) is 0 Å². The topological polar surface area (TPSA) is 36.1 Å². The highest BCUT2D eigenvalue weighted by molar-refractivity contribution is 5.94. The zero-order valence-corrected chi connectivity index (χ0v) is 11.3. The van der Waals surface area contributed by atoms with Crippen LogP contribution in [0.4, 0.5) is 0 Å². The number of amides is 1. The highest BCUT2D eigenvalue weighted by atomic mass is 16.2. The summed E-state index contributed by atoms with van der Waals surface area (Å²) in [5.41, 5.74) is 2.95. The molecule has 3 rings (SSSR count). The van der Waals surface area contributed by atoms with Crippen molar-refractivity contribution in [3.63, 3.8) is 0 Å². The number of H-pyrrole nitrogens is 1. The van der Waals surface area contributed by atoms with Gasteiger partial charge in [0.15, 0.2) is 0 Å². The fourth-order valence-corrected chi connectivity index (χ4v) is 2.39. The summed E-state index contributed by atoms with van der Waals surface area (Å²) in [4.78, 5) is 17.3. The number of benzene rings is 2. The van der Waals surface area contributed by atoms with E-state index in [4.69, 9.17) is 0 Å². The second-order valence-corrected chi connectivity index (χ2v) is 4.89. The monoisotopic (exact) mass is 264 g/mol. The van der Waals surface area contributed by atoms with Crippen LogP contribution in [-0.4, -0.2) is 22.8 Å². The Morgan fingerprint density at radius 2 is 1.75 bits per heavy atom. The van der Waals surface area contributed by atoms with Crippen LogP contribution in [0.1, 0.15) is 15.9 Å². The first-order chi connectivity index (χ1) is 9.75. The van der Waals surface area contributed by atoms with Crippen LogP contribution >= 0.6 is 0 Å². The van der Waals surface area contributed by atoms with Crippen molar-refractivity contribution in [1.29, 1.82) is 0 Å². The molecule has 1 heterocycles. The molecule has 0 saturated carbocycles. The number of aromatic amines is 1. The molecular formula is C17H16N2O. The summed E-state index contributed by atoms with van der Waals surface area (Å²) in [5, 5.41) is 1.17. The molecule has 0 bridgehead atoms. The van der Waals surface area contributed by atoms with Crippen LogP contribution < -0.4 is 0 Å². The van der Waals surface area contributed by atoms with E-state index in [9.17, 15) is 4.79 Å². The Morgan fingerprint density at radius 1 is 1.05 bits per heavy atom. The molecular weight excluding hydrogens is 248 g/mol. The lowest BCUT2D eigenvalue weighted by atomic mass is 10.1. The predicted octanol–water partition coefficient (Wildman–Crippen LogP) is 3.44. The number of rotatable bonds is 3. The summed E-state index contributed by atoms with van der Waals surface area (Å²) < 4.78 is 0. The van der Waals surface area contributed by atoms with Gasteiger partial charge in [-0.3, -0.25) is 4.79 Å². The molecule has 0 saturated heterocycles. The number of aromatic nitrogens is 1. The van der Waals surface area contributed by atoms with Gasteiger partial charge in [0.05, 0.1) is 0 Å². The Balaban J connectivity index is 1.82. The fourth-order valence-electron chi connectivity index (χ4n) is 2.39. The second kappa shape index (κ2) is 5.21. The van der Waals surface area contributed by atoms with Crippen LogP contribution in [0, 0.1) is 0 Å². The molecule has 0 aliphatic rings. The van der Waals surface area contributed by atoms with Crippen molar-refractivity contribution in [2.45, 2.75) is 6.54 Å². The molecule has 0 radical (unpaired) electrons. The first kappa shape index (κ1) is 12.5. The maximum absolute atomic E-state index is 12.3. The van der Waals surface area contributed by atoms with Gasteiger partial charge in [0.1, 0.15) is 0 Å². The van der Waals surface area contributed by atoms with Crippen molar-refractivity contribution in [3.05, 3.63) is 71.9 Å². The maximum Gasteiger partial charge on any atom is 0.253 e. The van der Waals surface area contributed by atoms with Gasteiger partial charge >= 0.3 is 0 Å². The molecule has 3 heteroatoms. The molecule has 0 unspecified atom stereocenters. The number of hydrogen-bond acceptors (Lipinski definition) is 1. The molecule has 20 heavy (non-hydrogen) atoms. The third-order valence-electron chi connectivity index (χ3n) is 3.45. The van der Waals surface area contributed by atoms with E-state index < -0.39 is 0 Å². The van der Waals surface area contributed by atoms with E-state index in [1.807, 2.05) is 61.8 Å². The molecule has 3 nitrogen and oxygen atoms in total. The van der Waals surface area contributed by atoms with Crippen molar-refractivity contribution in [1.82, 2.24) is 9.88 Å². The average Bonchev–Trinajstić information content (AvgIpc) is 2.91. The summed E-state index contributed by atoms with van der Waals surface area (Å²) in [5.74, 6) is 0.0379. The Morgan fingerprint density at radius 3 is 2.55 bits per heavy atom. The van der Waals surface area contributed by atoms with Crippen LogP contribution in [0.25, 0.3) is 10.9 Å². The first-order valence-corrected chi connectivity index (χ1v) is 6.61. The number of para-hydroxylation sites is 1. The highest BCUT2D eigenvalue weighted by Crippen LogP contribution is 2.19. The quantitative estimate of drug-likeness (QED) is 0.773. The number of carbonyl (C=O) groups excluding carboxylic acids is 1. The minimum atomic E-state index is 0.0379. The van der Waals surface area contributed by atoms with E-state index in [0.29, 0.717) is 6.54 Å². The number of nitrogens with zero attached hydrogens (tertiary/aromatic N) is 1. The molecule has 0 spiro atoms. The van der Waals surface area contributed by atoms with Crippen molar-refractivity contribution >= 4 is 16.8 Å². The van der Waals surface area contributed by atoms with Crippen LogP contribution in [0.3, 0.4) is 0 Å². The van der Waals surface area contributed by atoms with Gasteiger partial charge in [0, 0.05) is 36.3 Å². The minimum Gasteiger partial charge on any atom is -0.361 e. The fraction of sp³-hybridized carbons (Fsp3) is 0.118. The van der Waals surface area contributed by atoms with Crippen LogP contribution in [-0.2, 0) is 6.54 Å². The van der Waals surface area contributed by atoms with Gasteiger partial charge in [-0.2, -0.15) is 0 Å². The standard InChI is InChI=1S/C17H16N2O/c1-19(17(20)13-7-3-2-4-8-13)12-14-11-18-16-10-6-5-9-15(14)16/h2-11,18H,12H2,1H3. The predicted molar refractivity (Wildman–Crippen MR) is 80.5 cm³/mol. The molecule has 1 amide bonds. The summed E-state index contributed by atoms with van der Waals surface area (Å²) in [6, 6.07) is 17.5. The second-order valence-electron chi connectivity index (χ2n) is 4.89. The van der Waals surface area contributed by atoms with Gasteiger partial charge in [0.2, 0.25) is 0 Å². The van der Waals surface area contributed by atoms with Gasteiger partial charge in [-0.1, -0.05) is 36.4 Å². The van der Waals surface area contributed by atoms with Crippen molar-refractivity contribution in [2.24, 2.45) is 0 Å². The smallest absolute Gasteiger partial charge is 0.253 e. The molecule has 100 valence electrons. The Hall–Kier alpha value is -2.55. The number of fused-ring (bicyclic) bond motifs is 1. The van der Waals surface area contributed by atoms with Crippen LogP contribution in [0.5, 0.6) is 0 Å². The van der Waals surface area contributed by atoms with Gasteiger partial charge in [0.25, 0.3) is 5.91 Å². The van der Waals surface area contributed by atoms with Crippen molar-refractivity contribution in [2.75, 3.05) is 7.05 Å². The van der Waals surface area contributed by atoms with Crippen molar-refractivity contribution < 1.29 is 4.79 Å². The molecule has 1 aromatic heterocycles. The van der Waals surface area contributed by atoms with E-state index in [0.717, 1.165) is 16.6 Å². The Kier molecular flexibility index (Phi) is 3.25.